The van der Waals surface area contributed by atoms with E-state index >= 15 is 0 Å². The minimum absolute atomic E-state index is 0.316. The molecule has 0 N–H and O–H groups in total. The Balaban J connectivity index is 0.951. The molecule has 0 fully saturated rings. The van der Waals surface area contributed by atoms with Crippen LogP contribution in [0.2, 0.25) is 0 Å². The lowest BCUT2D eigenvalue weighted by Gasteiger charge is -2.21. The van der Waals surface area contributed by atoms with Gasteiger partial charge < -0.3 is 18.9 Å². The van der Waals surface area contributed by atoms with E-state index < -0.39 is 0 Å². The van der Waals surface area contributed by atoms with E-state index in [0.717, 1.165) is 31.4 Å². The molecule has 4 nitrogen and oxygen atoms in total. The maximum absolute atomic E-state index is 6.71. The van der Waals surface area contributed by atoms with Gasteiger partial charge in [-0.2, -0.15) is 0 Å². The van der Waals surface area contributed by atoms with Crippen LogP contribution in [0.15, 0.2) is 133 Å². The van der Waals surface area contributed by atoms with Crippen LogP contribution in [0.25, 0.3) is 24.3 Å². The molecule has 0 amide bonds. The van der Waals surface area contributed by atoms with Gasteiger partial charge in [0.15, 0.2) is 11.5 Å². The van der Waals surface area contributed by atoms with Crippen molar-refractivity contribution in [1.29, 1.82) is 0 Å². The molecule has 270 valence electrons. The molecule has 0 aliphatic heterocycles. The third kappa shape index (κ3) is 7.26. The average molecular weight is 711 g/mol. The van der Waals surface area contributed by atoms with Gasteiger partial charge in [0.25, 0.3) is 0 Å². The Bertz CT molecular complexity index is 2150. The van der Waals surface area contributed by atoms with Crippen molar-refractivity contribution in [1.82, 2.24) is 0 Å². The van der Waals surface area contributed by atoms with E-state index in [2.05, 4.69) is 146 Å². The molecule has 0 saturated carbocycles. The second-order valence-electron chi connectivity index (χ2n) is 14.7. The molecule has 0 radical (unpaired) electrons. The van der Waals surface area contributed by atoms with Gasteiger partial charge >= 0.3 is 0 Å². The molecule has 0 spiro atoms. The van der Waals surface area contributed by atoms with Crippen molar-refractivity contribution < 1.29 is 18.9 Å². The maximum Gasteiger partial charge on any atom is 0.203 e. The van der Waals surface area contributed by atoms with Crippen molar-refractivity contribution in [3.63, 3.8) is 0 Å². The van der Waals surface area contributed by atoms with Crippen molar-refractivity contribution in [2.45, 2.75) is 49.4 Å². The molecule has 9 rings (SSSR count). The van der Waals surface area contributed by atoms with Gasteiger partial charge in [-0.1, -0.05) is 146 Å². The molecule has 0 heterocycles. The fourth-order valence-corrected chi connectivity index (χ4v) is 8.48. The molecule has 4 aliphatic rings. The number of allylic oxidation sites excluding steroid dienone is 4. The zero-order valence-electron chi connectivity index (χ0n) is 30.6. The van der Waals surface area contributed by atoms with Crippen LogP contribution in [-0.4, -0.2) is 26.4 Å². The normalized spacial score (nSPS) is 19.4. The summed E-state index contributed by atoms with van der Waals surface area (Å²) in [5.74, 6) is 4.00. The van der Waals surface area contributed by atoms with Crippen molar-refractivity contribution in [3.05, 3.63) is 178 Å². The Morgan fingerprint density at radius 2 is 0.667 bits per heavy atom. The van der Waals surface area contributed by atoms with Crippen LogP contribution in [0, 0.1) is 0 Å². The molecular weight excluding hydrogens is 665 g/mol. The first-order valence-corrected chi connectivity index (χ1v) is 19.5. The van der Waals surface area contributed by atoms with Crippen molar-refractivity contribution in [3.8, 4) is 23.0 Å². The van der Waals surface area contributed by atoms with Crippen LogP contribution in [0.4, 0.5) is 0 Å². The summed E-state index contributed by atoms with van der Waals surface area (Å²) in [5, 5.41) is 0. The minimum atomic E-state index is 0.316. The SMILES string of the molecule is C1=CC(CCOc2cc(OCCC3C=Cc4ccccc43)c(OCCC3C=Cc4ccccc43)c(OCCC3C=Cc4ccccc43)c2)c2ccccc21. The molecule has 4 unspecified atom stereocenters. The Hall–Kier alpha value is -5.74. The van der Waals surface area contributed by atoms with E-state index in [1.54, 1.807) is 0 Å². The molecule has 5 aromatic carbocycles. The van der Waals surface area contributed by atoms with E-state index in [1.807, 2.05) is 12.1 Å². The van der Waals surface area contributed by atoms with Crippen LogP contribution in [0.1, 0.15) is 93.9 Å². The van der Waals surface area contributed by atoms with E-state index in [-0.39, 0.29) is 0 Å². The Morgan fingerprint density at radius 1 is 0.352 bits per heavy atom. The largest absolute Gasteiger partial charge is 0.493 e. The Kier molecular flexibility index (Phi) is 9.90. The van der Waals surface area contributed by atoms with Crippen molar-refractivity contribution in [2.75, 3.05) is 26.4 Å². The lowest BCUT2D eigenvalue weighted by molar-refractivity contribution is 0.230. The number of hydrogen-bond acceptors (Lipinski definition) is 4. The van der Waals surface area contributed by atoms with E-state index in [4.69, 9.17) is 18.9 Å². The predicted octanol–water partition coefficient (Wildman–Crippen LogP) is 12.0. The summed E-state index contributed by atoms with van der Waals surface area (Å²) >= 11 is 0. The molecular formula is C50H46O4. The molecule has 4 atom stereocenters. The zero-order valence-corrected chi connectivity index (χ0v) is 30.6. The van der Waals surface area contributed by atoms with Crippen molar-refractivity contribution >= 4 is 24.3 Å². The van der Waals surface area contributed by atoms with Gasteiger partial charge in [0.05, 0.1) is 26.4 Å². The fourth-order valence-electron chi connectivity index (χ4n) is 8.48. The molecule has 54 heavy (non-hydrogen) atoms. The summed E-state index contributed by atoms with van der Waals surface area (Å²) < 4.78 is 26.6. The number of ether oxygens (including phenoxy) is 4. The smallest absolute Gasteiger partial charge is 0.203 e. The lowest BCUT2D eigenvalue weighted by atomic mass is 9.98. The van der Waals surface area contributed by atoms with Crippen LogP contribution in [0.3, 0.4) is 0 Å². The quantitative estimate of drug-likeness (QED) is 0.102. The summed E-state index contributed by atoms with van der Waals surface area (Å²) in [4.78, 5) is 0. The monoisotopic (exact) mass is 710 g/mol. The number of fused-ring (bicyclic) bond motifs is 4. The first kappa shape index (κ1) is 34.1. The molecule has 0 aromatic heterocycles. The summed E-state index contributed by atoms with van der Waals surface area (Å²) in [5.41, 5.74) is 10.6. The highest BCUT2D eigenvalue weighted by Gasteiger charge is 2.23. The predicted molar refractivity (Wildman–Crippen MR) is 220 cm³/mol. The van der Waals surface area contributed by atoms with E-state index in [9.17, 15) is 0 Å². The van der Waals surface area contributed by atoms with E-state index in [1.165, 1.54) is 44.5 Å². The van der Waals surface area contributed by atoms with Gasteiger partial charge in [-0.15, -0.1) is 0 Å². The minimum Gasteiger partial charge on any atom is -0.493 e. The van der Waals surface area contributed by atoms with Gasteiger partial charge in [0.2, 0.25) is 5.75 Å². The van der Waals surface area contributed by atoms with Crippen LogP contribution < -0.4 is 18.9 Å². The van der Waals surface area contributed by atoms with Gasteiger partial charge in [-0.3, -0.25) is 0 Å². The highest BCUT2D eigenvalue weighted by atomic mass is 16.5. The molecule has 5 aromatic rings. The topological polar surface area (TPSA) is 36.9 Å². The number of hydrogen-bond donors (Lipinski definition) is 0. The summed E-state index contributed by atoms with van der Waals surface area (Å²) in [6.45, 7) is 2.17. The molecule has 0 bridgehead atoms. The third-order valence-electron chi connectivity index (χ3n) is 11.4. The van der Waals surface area contributed by atoms with Gasteiger partial charge in [0, 0.05) is 35.8 Å². The zero-order chi connectivity index (χ0) is 36.1. The Morgan fingerprint density at radius 3 is 1.04 bits per heavy atom. The first-order valence-electron chi connectivity index (χ1n) is 19.5. The van der Waals surface area contributed by atoms with Crippen molar-refractivity contribution in [2.24, 2.45) is 0 Å². The second kappa shape index (κ2) is 15.7. The van der Waals surface area contributed by atoms with Gasteiger partial charge in [0.1, 0.15) is 5.75 Å². The summed E-state index contributed by atoms with van der Waals surface area (Å²) in [6.07, 6.45) is 21.5. The summed E-state index contributed by atoms with van der Waals surface area (Å²) in [7, 11) is 0. The van der Waals surface area contributed by atoms with Gasteiger partial charge in [-0.25, -0.2) is 0 Å². The Labute approximate surface area is 319 Å². The lowest BCUT2D eigenvalue weighted by Crippen LogP contribution is -2.10. The van der Waals surface area contributed by atoms with Crippen LogP contribution in [0.5, 0.6) is 23.0 Å². The highest BCUT2D eigenvalue weighted by molar-refractivity contribution is 5.65. The molecule has 4 aliphatic carbocycles. The molecule has 4 heteroatoms. The number of rotatable bonds is 16. The second-order valence-corrected chi connectivity index (χ2v) is 14.7. The number of benzene rings is 5. The highest BCUT2D eigenvalue weighted by Crippen LogP contribution is 2.44. The van der Waals surface area contributed by atoms with E-state index in [0.29, 0.717) is 67.3 Å². The first-order chi connectivity index (χ1) is 26.8. The van der Waals surface area contributed by atoms with Crippen LogP contribution >= 0.6 is 0 Å². The maximum atomic E-state index is 6.71. The standard InChI is InChI=1S/C50H46O4/c1-5-13-44-35(9-1)17-21-39(44)25-29-51-43-33-48(52-30-26-40-22-18-36-10-2-6-14-45(36)40)50(54-32-28-42-24-20-38-12-4-8-16-47(38)42)49(34-43)53-31-27-41-23-19-37-11-3-7-15-46(37)41/h1-24,33-34,39-42H,25-32H2. The third-order valence-corrected chi connectivity index (χ3v) is 11.4. The fraction of sp³-hybridized carbons (Fsp3) is 0.240. The summed E-state index contributed by atoms with van der Waals surface area (Å²) in [6, 6.07) is 38.5. The van der Waals surface area contributed by atoms with Gasteiger partial charge in [-0.05, 0) is 70.2 Å². The molecule has 0 saturated heterocycles. The average Bonchev–Trinajstić information content (AvgIpc) is 4.02. The van der Waals surface area contributed by atoms with Crippen LogP contribution in [-0.2, 0) is 0 Å².